The van der Waals surface area contributed by atoms with Crippen molar-refractivity contribution in [2.75, 3.05) is 16.8 Å². The Morgan fingerprint density at radius 3 is 2.67 bits per heavy atom. The van der Waals surface area contributed by atoms with Crippen LogP contribution >= 0.6 is 0 Å². The van der Waals surface area contributed by atoms with Crippen molar-refractivity contribution in [3.05, 3.63) is 53.3 Å². The van der Waals surface area contributed by atoms with Crippen molar-refractivity contribution in [1.82, 2.24) is 4.98 Å². The second kappa shape index (κ2) is 5.74. The fourth-order valence-electron chi connectivity index (χ4n) is 3.13. The van der Waals surface area contributed by atoms with Crippen LogP contribution in [-0.4, -0.2) is 23.3 Å². The molecule has 0 atom stereocenters. The first-order chi connectivity index (χ1) is 11.3. The number of rotatable bonds is 3. The Bertz CT molecular complexity index is 827. The minimum absolute atomic E-state index is 0.0910. The summed E-state index contributed by atoms with van der Waals surface area (Å²) >= 11 is 0. The number of benzene rings is 1. The van der Waals surface area contributed by atoms with Crippen LogP contribution in [0.15, 0.2) is 36.5 Å². The third kappa shape index (κ3) is 2.56. The van der Waals surface area contributed by atoms with Crippen molar-refractivity contribution >= 4 is 23.2 Å². The highest BCUT2D eigenvalue weighted by atomic mass is 16.2. The van der Waals surface area contributed by atoms with E-state index in [0.717, 1.165) is 16.9 Å². The van der Waals surface area contributed by atoms with Gasteiger partial charge in [-0.25, -0.2) is 0 Å². The zero-order valence-corrected chi connectivity index (χ0v) is 14.4. The lowest BCUT2D eigenvalue weighted by Gasteiger charge is -2.18. The molecular formula is C19H21N3O2. The Kier molecular flexibility index (Phi) is 3.87. The van der Waals surface area contributed by atoms with Crippen LogP contribution in [0.25, 0.3) is 0 Å². The molecule has 1 aromatic heterocycles. The number of amides is 2. The molecule has 0 saturated carbocycles. The summed E-state index contributed by atoms with van der Waals surface area (Å²) in [6.45, 7) is 8.27. The lowest BCUT2D eigenvalue weighted by atomic mass is 9.86. The minimum Gasteiger partial charge on any atom is -0.322 e. The summed E-state index contributed by atoms with van der Waals surface area (Å²) in [5, 5.41) is 2.90. The second-order valence-electron chi connectivity index (χ2n) is 6.55. The number of pyridine rings is 1. The van der Waals surface area contributed by atoms with Crippen LogP contribution < -0.4 is 10.2 Å². The van der Waals surface area contributed by atoms with E-state index < -0.39 is 5.41 Å². The van der Waals surface area contributed by atoms with Gasteiger partial charge >= 0.3 is 0 Å². The number of hydrogen-bond donors (Lipinski definition) is 1. The molecule has 1 N–H and O–H groups in total. The number of hydrogen-bond acceptors (Lipinski definition) is 3. The molecule has 2 amide bonds. The van der Waals surface area contributed by atoms with Crippen LogP contribution in [0.5, 0.6) is 0 Å². The summed E-state index contributed by atoms with van der Waals surface area (Å²) in [4.78, 5) is 30.8. The number of carbonyl (C=O) groups is 2. The largest absolute Gasteiger partial charge is 0.322 e. The maximum atomic E-state index is 12.5. The molecule has 0 spiro atoms. The Morgan fingerprint density at radius 1 is 1.25 bits per heavy atom. The van der Waals surface area contributed by atoms with Gasteiger partial charge in [0.25, 0.3) is 5.91 Å². The van der Waals surface area contributed by atoms with Gasteiger partial charge in [0, 0.05) is 35.4 Å². The van der Waals surface area contributed by atoms with E-state index in [1.54, 1.807) is 23.2 Å². The quantitative estimate of drug-likeness (QED) is 0.943. The molecule has 0 saturated heterocycles. The van der Waals surface area contributed by atoms with E-state index in [0.29, 0.717) is 17.8 Å². The molecule has 5 heteroatoms. The topological polar surface area (TPSA) is 62.3 Å². The van der Waals surface area contributed by atoms with Crippen molar-refractivity contribution in [3.63, 3.8) is 0 Å². The Hall–Kier alpha value is -2.69. The van der Waals surface area contributed by atoms with Gasteiger partial charge in [-0.2, -0.15) is 0 Å². The van der Waals surface area contributed by atoms with Gasteiger partial charge in [0.15, 0.2) is 0 Å². The number of fused-ring (bicyclic) bond motifs is 1. The number of aromatic nitrogens is 1. The first-order valence-electron chi connectivity index (χ1n) is 8.05. The summed E-state index contributed by atoms with van der Waals surface area (Å²) in [5.74, 6) is -0.0969. The van der Waals surface area contributed by atoms with Crippen molar-refractivity contribution < 1.29 is 9.59 Å². The van der Waals surface area contributed by atoms with Crippen LogP contribution in [0.1, 0.15) is 42.4 Å². The van der Waals surface area contributed by atoms with Crippen LogP contribution in [0.2, 0.25) is 0 Å². The van der Waals surface area contributed by atoms with Crippen molar-refractivity contribution in [2.24, 2.45) is 0 Å². The second-order valence-corrected chi connectivity index (χ2v) is 6.55. The van der Waals surface area contributed by atoms with Gasteiger partial charge in [0.1, 0.15) is 0 Å². The van der Waals surface area contributed by atoms with Crippen molar-refractivity contribution in [2.45, 2.75) is 33.1 Å². The Balaban J connectivity index is 1.91. The average molecular weight is 323 g/mol. The molecule has 0 bridgehead atoms. The fourth-order valence-corrected chi connectivity index (χ4v) is 3.13. The highest BCUT2D eigenvalue weighted by Crippen LogP contribution is 2.42. The number of likely N-dealkylation sites (N-methyl/N-ethyl adjacent to an activating group) is 1. The summed E-state index contributed by atoms with van der Waals surface area (Å²) in [5.41, 5.74) is 3.36. The lowest BCUT2D eigenvalue weighted by molar-refractivity contribution is -0.122. The molecule has 0 radical (unpaired) electrons. The zero-order chi connectivity index (χ0) is 17.5. The van der Waals surface area contributed by atoms with E-state index >= 15 is 0 Å². The summed E-state index contributed by atoms with van der Waals surface area (Å²) < 4.78 is 0. The van der Waals surface area contributed by atoms with Crippen LogP contribution in [0.4, 0.5) is 11.4 Å². The van der Waals surface area contributed by atoms with E-state index in [2.05, 4.69) is 10.3 Å². The smallest absolute Gasteiger partial charge is 0.255 e. The normalized spacial score (nSPS) is 15.3. The predicted molar refractivity (Wildman–Crippen MR) is 94.4 cm³/mol. The van der Waals surface area contributed by atoms with Gasteiger partial charge < -0.3 is 10.2 Å². The van der Waals surface area contributed by atoms with Crippen LogP contribution in [0.3, 0.4) is 0 Å². The molecule has 0 aliphatic carbocycles. The maximum absolute atomic E-state index is 12.5. The zero-order valence-electron chi connectivity index (χ0n) is 14.4. The van der Waals surface area contributed by atoms with Gasteiger partial charge in [-0.1, -0.05) is 6.07 Å². The minimum atomic E-state index is -0.532. The molecule has 0 fully saturated rings. The fraction of sp³-hybridized carbons (Fsp3) is 0.316. The highest BCUT2D eigenvalue weighted by Gasteiger charge is 2.43. The van der Waals surface area contributed by atoms with Gasteiger partial charge in [0.2, 0.25) is 5.91 Å². The number of nitrogens with zero attached hydrogens (tertiary/aromatic N) is 2. The summed E-state index contributed by atoms with van der Waals surface area (Å²) in [6.07, 6.45) is 1.62. The van der Waals surface area contributed by atoms with E-state index in [1.807, 2.05) is 45.9 Å². The molecule has 2 aromatic rings. The van der Waals surface area contributed by atoms with Gasteiger partial charge in [-0.3, -0.25) is 14.6 Å². The van der Waals surface area contributed by atoms with E-state index in [1.165, 1.54) is 0 Å². The lowest BCUT2D eigenvalue weighted by Crippen LogP contribution is -2.35. The van der Waals surface area contributed by atoms with E-state index in [4.69, 9.17) is 0 Å². The maximum Gasteiger partial charge on any atom is 0.255 e. The molecule has 5 nitrogen and oxygen atoms in total. The average Bonchev–Trinajstić information content (AvgIpc) is 2.73. The monoisotopic (exact) mass is 323 g/mol. The molecule has 1 aliphatic heterocycles. The number of aryl methyl sites for hydroxylation is 1. The third-order valence-corrected chi connectivity index (χ3v) is 4.47. The molecule has 124 valence electrons. The van der Waals surface area contributed by atoms with Gasteiger partial charge in [-0.15, -0.1) is 0 Å². The number of carbonyl (C=O) groups excluding carboxylic acids is 2. The van der Waals surface area contributed by atoms with Crippen LogP contribution in [-0.2, 0) is 10.2 Å². The molecule has 24 heavy (non-hydrogen) atoms. The molecule has 0 unspecified atom stereocenters. The summed E-state index contributed by atoms with van der Waals surface area (Å²) in [6, 6.07) is 9.07. The SMILES string of the molecule is CCN1C(=O)C(C)(C)c2ccc(NC(=O)c3ccnc(C)c3)cc21. The van der Waals surface area contributed by atoms with E-state index in [-0.39, 0.29) is 11.8 Å². The molecule has 1 aromatic carbocycles. The van der Waals surface area contributed by atoms with Gasteiger partial charge in [-0.05, 0) is 57.5 Å². The molecule has 1 aliphatic rings. The van der Waals surface area contributed by atoms with Crippen LogP contribution in [0, 0.1) is 6.92 Å². The molecule has 3 rings (SSSR count). The first kappa shape index (κ1) is 16.2. The van der Waals surface area contributed by atoms with E-state index in [9.17, 15) is 9.59 Å². The highest BCUT2D eigenvalue weighted by molar-refractivity contribution is 6.09. The summed E-state index contributed by atoms with van der Waals surface area (Å²) in [7, 11) is 0. The third-order valence-electron chi connectivity index (χ3n) is 4.47. The standard InChI is InChI=1S/C19H21N3O2/c1-5-22-16-11-14(6-7-15(16)19(3,4)18(22)24)21-17(23)13-8-9-20-12(2)10-13/h6-11H,5H2,1-4H3,(H,21,23). The van der Waals surface area contributed by atoms with Gasteiger partial charge in [0.05, 0.1) is 5.41 Å². The molecule has 2 heterocycles. The Morgan fingerprint density at radius 2 is 2.00 bits per heavy atom. The first-order valence-corrected chi connectivity index (χ1v) is 8.05. The van der Waals surface area contributed by atoms with Crippen molar-refractivity contribution in [3.8, 4) is 0 Å². The number of nitrogens with one attached hydrogen (secondary N) is 1. The number of anilines is 2. The van der Waals surface area contributed by atoms with Crippen molar-refractivity contribution in [1.29, 1.82) is 0 Å². The predicted octanol–water partition coefficient (Wildman–Crippen LogP) is 3.29. The Labute approximate surface area is 141 Å². The molecular weight excluding hydrogens is 302 g/mol.